The van der Waals surface area contributed by atoms with Gasteiger partial charge in [-0.25, -0.2) is 0 Å². The molecule has 1 aliphatic rings. The van der Waals surface area contributed by atoms with Crippen molar-refractivity contribution in [1.29, 1.82) is 0 Å². The van der Waals surface area contributed by atoms with Crippen molar-refractivity contribution in [3.8, 4) is 0 Å². The minimum atomic E-state index is -5.52. The molecular weight excluding hydrogens is 296 g/mol. The Morgan fingerprint density at radius 1 is 1.05 bits per heavy atom. The van der Waals surface area contributed by atoms with Gasteiger partial charge in [0.25, 0.3) is 0 Å². The van der Waals surface area contributed by atoms with Crippen LogP contribution < -0.4 is 0 Å². The molecule has 0 aliphatic carbocycles. The zero-order chi connectivity index (χ0) is 15.8. The fourth-order valence-electron chi connectivity index (χ4n) is 2.02. The van der Waals surface area contributed by atoms with E-state index in [9.17, 15) is 35.9 Å². The number of carboxylic acids is 1. The number of aliphatic carboxylic acids is 1. The maximum absolute atomic E-state index is 12.7. The molecule has 116 valence electrons. The van der Waals surface area contributed by atoms with Crippen LogP contribution in [0.5, 0.6) is 0 Å². The first-order chi connectivity index (χ1) is 8.91. The third-order valence-corrected chi connectivity index (χ3v) is 3.26. The van der Waals surface area contributed by atoms with Crippen LogP contribution in [0.3, 0.4) is 0 Å². The Hall–Kier alpha value is -1.48. The first-order valence-electron chi connectivity index (χ1n) is 5.54. The number of hydrogen-bond acceptors (Lipinski definition) is 2. The zero-order valence-electron chi connectivity index (χ0n) is 10.0. The number of carbonyl (C=O) groups is 2. The topological polar surface area (TPSA) is 57.6 Å². The third kappa shape index (κ3) is 2.98. The predicted octanol–water partition coefficient (Wildman–Crippen LogP) is 2.19. The van der Waals surface area contributed by atoms with Gasteiger partial charge >= 0.3 is 18.3 Å². The van der Waals surface area contributed by atoms with Crippen LogP contribution in [0.1, 0.15) is 19.3 Å². The summed E-state index contributed by atoms with van der Waals surface area (Å²) in [4.78, 5) is 22.1. The number of amides is 1. The lowest BCUT2D eigenvalue weighted by molar-refractivity contribution is -0.334. The molecule has 1 aliphatic heterocycles. The van der Waals surface area contributed by atoms with Gasteiger partial charge in [0, 0.05) is 19.5 Å². The van der Waals surface area contributed by atoms with E-state index in [-0.39, 0.29) is 0 Å². The number of hydrogen-bond donors (Lipinski definition) is 1. The first-order valence-corrected chi connectivity index (χ1v) is 5.54. The molecule has 1 saturated heterocycles. The second-order valence-electron chi connectivity index (χ2n) is 4.54. The highest BCUT2D eigenvalue weighted by molar-refractivity contribution is 5.81. The molecule has 0 bridgehead atoms. The second-order valence-corrected chi connectivity index (χ2v) is 4.54. The normalized spacial score (nSPS) is 19.2. The molecule has 1 N–H and O–H groups in total. The molecule has 0 radical (unpaired) electrons. The summed E-state index contributed by atoms with van der Waals surface area (Å²) in [6, 6.07) is 0. The average molecular weight is 307 g/mol. The van der Waals surface area contributed by atoms with Gasteiger partial charge in [0.05, 0.1) is 6.42 Å². The van der Waals surface area contributed by atoms with Crippen LogP contribution in [0, 0.1) is 5.41 Å². The first kappa shape index (κ1) is 16.6. The van der Waals surface area contributed by atoms with E-state index in [0.29, 0.717) is 4.90 Å². The van der Waals surface area contributed by atoms with Crippen molar-refractivity contribution < 1.29 is 41.0 Å². The molecule has 1 amide bonds. The Morgan fingerprint density at radius 2 is 1.55 bits per heavy atom. The molecule has 0 saturated carbocycles. The molecule has 1 heterocycles. The van der Waals surface area contributed by atoms with Crippen LogP contribution in [0.25, 0.3) is 0 Å². The van der Waals surface area contributed by atoms with Crippen molar-refractivity contribution in [2.24, 2.45) is 5.41 Å². The summed E-state index contributed by atoms with van der Waals surface area (Å²) >= 11 is 0. The summed E-state index contributed by atoms with van der Waals surface area (Å²) < 4.78 is 76.3. The van der Waals surface area contributed by atoms with Gasteiger partial charge in [-0.15, -0.1) is 0 Å². The average Bonchev–Trinajstić information content (AvgIpc) is 2.70. The summed E-state index contributed by atoms with van der Waals surface area (Å²) in [5.41, 5.74) is -3.93. The Labute approximate surface area is 109 Å². The smallest absolute Gasteiger partial charge is 0.404 e. The van der Waals surface area contributed by atoms with E-state index in [4.69, 9.17) is 5.11 Å². The number of likely N-dealkylation sites (tertiary alicyclic amines) is 1. The predicted molar refractivity (Wildman–Crippen MR) is 52.6 cm³/mol. The summed E-state index contributed by atoms with van der Waals surface area (Å²) in [5.74, 6) is -2.38. The minimum Gasteiger partial charge on any atom is -0.481 e. The lowest BCUT2D eigenvalue weighted by Crippen LogP contribution is -2.52. The highest BCUT2D eigenvalue weighted by atomic mass is 19.4. The van der Waals surface area contributed by atoms with Crippen molar-refractivity contribution >= 4 is 11.9 Å². The molecule has 10 heteroatoms. The number of carboxylic acid groups (broad SMARTS) is 1. The molecule has 4 nitrogen and oxygen atoms in total. The number of halogens is 6. The molecular formula is C10H11F6NO3. The molecule has 0 atom stereocenters. The van der Waals surface area contributed by atoms with Crippen LogP contribution in [-0.2, 0) is 9.59 Å². The molecule has 0 aromatic carbocycles. The summed E-state index contributed by atoms with van der Waals surface area (Å²) in [6.45, 7) is -2.21. The molecule has 0 spiro atoms. The van der Waals surface area contributed by atoms with E-state index in [1.54, 1.807) is 0 Å². The monoisotopic (exact) mass is 307 g/mol. The van der Waals surface area contributed by atoms with Gasteiger partial charge in [0.15, 0.2) is 5.41 Å². The van der Waals surface area contributed by atoms with E-state index < -0.39 is 62.0 Å². The summed E-state index contributed by atoms with van der Waals surface area (Å²) in [5, 5.41) is 8.34. The molecule has 0 unspecified atom stereocenters. The van der Waals surface area contributed by atoms with Crippen molar-refractivity contribution in [1.82, 2.24) is 4.90 Å². The highest BCUT2D eigenvalue weighted by Crippen LogP contribution is 2.55. The number of rotatable bonds is 3. The van der Waals surface area contributed by atoms with E-state index in [1.807, 2.05) is 0 Å². The third-order valence-electron chi connectivity index (χ3n) is 3.26. The maximum Gasteiger partial charge on any atom is 0.404 e. The standard InChI is InChI=1S/C10H11F6NO3/c11-9(12,13)8(10(14,15)16)3-4-17(5-8)6(18)1-2-7(19)20/h1-5H2,(H,19,20). The number of carbonyl (C=O) groups excluding carboxylic acids is 1. The second kappa shape index (κ2) is 5.13. The van der Waals surface area contributed by atoms with Gasteiger partial charge in [0.2, 0.25) is 5.91 Å². The molecule has 20 heavy (non-hydrogen) atoms. The largest absolute Gasteiger partial charge is 0.481 e. The SMILES string of the molecule is O=C(O)CCC(=O)N1CCC(C(F)(F)F)(C(F)(F)F)C1. The minimum absolute atomic E-state index is 0.421. The molecule has 0 aromatic heterocycles. The number of alkyl halides is 6. The quantitative estimate of drug-likeness (QED) is 0.813. The lowest BCUT2D eigenvalue weighted by Gasteiger charge is -2.33. The Bertz CT molecular complexity index is 389. The van der Waals surface area contributed by atoms with Crippen molar-refractivity contribution in [2.75, 3.05) is 13.1 Å². The van der Waals surface area contributed by atoms with Crippen LogP contribution >= 0.6 is 0 Å². The van der Waals surface area contributed by atoms with Crippen molar-refractivity contribution in [3.05, 3.63) is 0 Å². The van der Waals surface area contributed by atoms with Gasteiger partial charge < -0.3 is 10.0 Å². The van der Waals surface area contributed by atoms with Gasteiger partial charge in [0.1, 0.15) is 0 Å². The highest BCUT2D eigenvalue weighted by Gasteiger charge is 2.72. The van der Waals surface area contributed by atoms with Crippen molar-refractivity contribution in [3.63, 3.8) is 0 Å². The molecule has 1 fully saturated rings. The van der Waals surface area contributed by atoms with Crippen LogP contribution in [-0.4, -0.2) is 47.3 Å². The van der Waals surface area contributed by atoms with E-state index in [0.717, 1.165) is 0 Å². The fourth-order valence-corrected chi connectivity index (χ4v) is 2.02. The Morgan fingerprint density at radius 3 is 1.90 bits per heavy atom. The summed E-state index contributed by atoms with van der Waals surface area (Å²) in [7, 11) is 0. The van der Waals surface area contributed by atoms with E-state index in [1.165, 1.54) is 0 Å². The summed E-state index contributed by atoms with van der Waals surface area (Å²) in [6.07, 6.45) is -13.6. The van der Waals surface area contributed by atoms with E-state index in [2.05, 4.69) is 0 Å². The molecule has 0 aromatic rings. The van der Waals surface area contributed by atoms with Gasteiger partial charge in [-0.3, -0.25) is 9.59 Å². The van der Waals surface area contributed by atoms with Crippen LogP contribution in [0.15, 0.2) is 0 Å². The van der Waals surface area contributed by atoms with Gasteiger partial charge in [-0.1, -0.05) is 0 Å². The van der Waals surface area contributed by atoms with Crippen molar-refractivity contribution in [2.45, 2.75) is 31.6 Å². The van der Waals surface area contributed by atoms with Crippen LogP contribution in [0.2, 0.25) is 0 Å². The number of nitrogens with zero attached hydrogens (tertiary/aromatic N) is 1. The molecule has 1 rings (SSSR count). The van der Waals surface area contributed by atoms with Gasteiger partial charge in [-0.05, 0) is 6.42 Å². The fraction of sp³-hybridized carbons (Fsp3) is 0.800. The van der Waals surface area contributed by atoms with Crippen LogP contribution in [0.4, 0.5) is 26.3 Å². The zero-order valence-corrected chi connectivity index (χ0v) is 10.0. The maximum atomic E-state index is 12.7. The lowest BCUT2D eigenvalue weighted by atomic mass is 9.85. The van der Waals surface area contributed by atoms with Gasteiger partial charge in [-0.2, -0.15) is 26.3 Å². The van der Waals surface area contributed by atoms with E-state index >= 15 is 0 Å². The Balaban J connectivity index is 2.86. The Kier molecular flexibility index (Phi) is 4.25.